The van der Waals surface area contributed by atoms with Gasteiger partial charge in [-0.25, -0.2) is 13.1 Å². The molecule has 0 spiro atoms. The van der Waals surface area contributed by atoms with Gasteiger partial charge in [-0.3, -0.25) is 0 Å². The first kappa shape index (κ1) is 15.9. The van der Waals surface area contributed by atoms with Gasteiger partial charge in [0, 0.05) is 23.6 Å². The van der Waals surface area contributed by atoms with Crippen molar-refractivity contribution in [2.75, 3.05) is 13.2 Å². The summed E-state index contributed by atoms with van der Waals surface area (Å²) in [5.74, 6) is 0. The molecule has 0 aliphatic rings. The first-order valence-corrected chi connectivity index (χ1v) is 7.38. The molecule has 0 unspecified atom stereocenters. The summed E-state index contributed by atoms with van der Waals surface area (Å²) in [6.45, 7) is 3.34. The molecule has 0 amide bonds. The summed E-state index contributed by atoms with van der Waals surface area (Å²) >= 11 is 5.76. The van der Waals surface area contributed by atoms with Crippen LogP contribution in [0, 0.1) is 16.7 Å². The van der Waals surface area contributed by atoms with Crippen LogP contribution < -0.4 is 4.72 Å². The van der Waals surface area contributed by atoms with Gasteiger partial charge in [0.15, 0.2) is 0 Å². The van der Waals surface area contributed by atoms with E-state index in [1.54, 1.807) is 13.8 Å². The van der Waals surface area contributed by atoms with Gasteiger partial charge in [-0.15, -0.1) is 0 Å². The predicted octanol–water partition coefficient (Wildman–Crippen LogP) is 1.51. The number of nitrogens with zero attached hydrogens (tertiary/aromatic N) is 1. The van der Waals surface area contributed by atoms with E-state index >= 15 is 0 Å². The smallest absolute Gasteiger partial charge is 0.241 e. The van der Waals surface area contributed by atoms with Crippen LogP contribution in [0.5, 0.6) is 0 Å². The molecule has 0 atom stereocenters. The molecule has 7 heteroatoms. The second-order valence-corrected chi connectivity index (χ2v) is 7.07. The predicted molar refractivity (Wildman–Crippen MR) is 72.2 cm³/mol. The van der Waals surface area contributed by atoms with E-state index in [0.29, 0.717) is 0 Å². The van der Waals surface area contributed by atoms with E-state index in [2.05, 4.69) is 4.72 Å². The van der Waals surface area contributed by atoms with Gasteiger partial charge in [-0.1, -0.05) is 25.4 Å². The molecule has 1 rings (SSSR count). The molecule has 5 nitrogen and oxygen atoms in total. The van der Waals surface area contributed by atoms with Crippen LogP contribution in [0.2, 0.25) is 5.02 Å². The fourth-order valence-corrected chi connectivity index (χ4v) is 2.89. The molecule has 0 heterocycles. The summed E-state index contributed by atoms with van der Waals surface area (Å²) in [6, 6.07) is 5.85. The zero-order valence-electron chi connectivity index (χ0n) is 10.6. The summed E-state index contributed by atoms with van der Waals surface area (Å²) in [6.07, 6.45) is 0. The lowest BCUT2D eigenvalue weighted by Gasteiger charge is -2.22. The van der Waals surface area contributed by atoms with E-state index < -0.39 is 15.4 Å². The Morgan fingerprint density at radius 3 is 2.63 bits per heavy atom. The lowest BCUT2D eigenvalue weighted by Crippen LogP contribution is -2.36. The minimum absolute atomic E-state index is 0.0266. The fourth-order valence-electron chi connectivity index (χ4n) is 1.23. The number of hydrogen-bond acceptors (Lipinski definition) is 4. The highest BCUT2D eigenvalue weighted by Gasteiger charge is 2.23. The highest BCUT2D eigenvalue weighted by molar-refractivity contribution is 7.89. The molecule has 1 aromatic rings. The maximum atomic E-state index is 12.1. The molecule has 0 radical (unpaired) electrons. The third-order valence-corrected chi connectivity index (χ3v) is 4.20. The lowest BCUT2D eigenvalue weighted by atomic mass is 9.96. The quantitative estimate of drug-likeness (QED) is 0.862. The van der Waals surface area contributed by atoms with Crippen molar-refractivity contribution in [2.24, 2.45) is 5.41 Å². The number of aliphatic hydroxyl groups is 1. The SMILES string of the molecule is CC(C)(CO)CNS(=O)(=O)c1cc(Cl)ccc1C#N. The average molecular weight is 303 g/mol. The third-order valence-electron chi connectivity index (χ3n) is 2.52. The van der Waals surface area contributed by atoms with Crippen LogP contribution in [-0.2, 0) is 10.0 Å². The molecule has 0 aliphatic heterocycles. The van der Waals surface area contributed by atoms with E-state index in [9.17, 15) is 8.42 Å². The maximum absolute atomic E-state index is 12.1. The van der Waals surface area contributed by atoms with Crippen molar-refractivity contribution in [3.05, 3.63) is 28.8 Å². The molecule has 19 heavy (non-hydrogen) atoms. The Hall–Kier alpha value is -1.13. The number of hydrogen-bond donors (Lipinski definition) is 2. The number of nitriles is 1. The fraction of sp³-hybridized carbons (Fsp3) is 0.417. The van der Waals surface area contributed by atoms with E-state index in [0.717, 1.165) is 0 Å². The summed E-state index contributed by atoms with van der Waals surface area (Å²) in [7, 11) is -3.84. The number of aliphatic hydroxyl groups excluding tert-OH is 1. The van der Waals surface area contributed by atoms with Crippen molar-refractivity contribution in [3.63, 3.8) is 0 Å². The van der Waals surface area contributed by atoms with Crippen molar-refractivity contribution in [1.29, 1.82) is 5.26 Å². The Morgan fingerprint density at radius 2 is 2.11 bits per heavy atom. The zero-order valence-corrected chi connectivity index (χ0v) is 12.2. The second kappa shape index (κ2) is 5.88. The van der Waals surface area contributed by atoms with Crippen LogP contribution in [0.25, 0.3) is 0 Å². The Bertz CT molecular complexity index is 606. The van der Waals surface area contributed by atoms with Gasteiger partial charge < -0.3 is 5.11 Å². The first-order chi connectivity index (χ1) is 8.72. The van der Waals surface area contributed by atoms with E-state index in [-0.39, 0.29) is 28.6 Å². The Kier molecular flexibility index (Phi) is 4.93. The summed E-state index contributed by atoms with van der Waals surface area (Å²) in [5, 5.41) is 18.3. The molecule has 0 aliphatic carbocycles. The van der Waals surface area contributed by atoms with Crippen LogP contribution >= 0.6 is 11.6 Å². The summed E-state index contributed by atoms with van der Waals surface area (Å²) in [5.41, 5.74) is -0.558. The van der Waals surface area contributed by atoms with Crippen molar-refractivity contribution < 1.29 is 13.5 Å². The van der Waals surface area contributed by atoms with Gasteiger partial charge >= 0.3 is 0 Å². The van der Waals surface area contributed by atoms with Crippen LogP contribution in [0.4, 0.5) is 0 Å². The molecule has 0 fully saturated rings. The average Bonchev–Trinajstić information content (AvgIpc) is 2.37. The van der Waals surface area contributed by atoms with Gasteiger partial charge in [0.2, 0.25) is 10.0 Å². The largest absolute Gasteiger partial charge is 0.396 e. The van der Waals surface area contributed by atoms with Gasteiger partial charge in [0.25, 0.3) is 0 Å². The zero-order chi connectivity index (χ0) is 14.7. The molecule has 0 aromatic heterocycles. The number of benzene rings is 1. The number of halogens is 1. The molecule has 0 saturated carbocycles. The van der Waals surface area contributed by atoms with Gasteiger partial charge in [0.05, 0.1) is 5.56 Å². The second-order valence-electron chi connectivity index (χ2n) is 4.90. The first-order valence-electron chi connectivity index (χ1n) is 5.52. The highest BCUT2D eigenvalue weighted by Crippen LogP contribution is 2.21. The van der Waals surface area contributed by atoms with Gasteiger partial charge in [-0.2, -0.15) is 5.26 Å². The number of sulfonamides is 1. The molecule has 0 bridgehead atoms. The normalized spacial score (nSPS) is 12.2. The van der Waals surface area contributed by atoms with E-state index in [1.165, 1.54) is 18.2 Å². The molecular weight excluding hydrogens is 288 g/mol. The topological polar surface area (TPSA) is 90.2 Å². The van der Waals surface area contributed by atoms with Crippen molar-refractivity contribution >= 4 is 21.6 Å². The number of rotatable bonds is 5. The van der Waals surface area contributed by atoms with Crippen LogP contribution in [0.15, 0.2) is 23.1 Å². The summed E-state index contributed by atoms with van der Waals surface area (Å²) in [4.78, 5) is -0.156. The maximum Gasteiger partial charge on any atom is 0.241 e. The van der Waals surface area contributed by atoms with Crippen LogP contribution in [0.3, 0.4) is 0 Å². The van der Waals surface area contributed by atoms with Crippen molar-refractivity contribution in [3.8, 4) is 6.07 Å². The molecule has 0 saturated heterocycles. The Morgan fingerprint density at radius 1 is 1.47 bits per heavy atom. The van der Waals surface area contributed by atoms with Gasteiger partial charge in [-0.05, 0) is 18.2 Å². The molecule has 104 valence electrons. The minimum atomic E-state index is -3.84. The van der Waals surface area contributed by atoms with Crippen LogP contribution in [-0.4, -0.2) is 26.7 Å². The Balaban J connectivity index is 3.08. The molecule has 2 N–H and O–H groups in total. The standard InChI is InChI=1S/C12H15ClN2O3S/c1-12(2,8-16)7-15-19(17,18)11-5-10(13)4-3-9(11)6-14/h3-5,15-16H,7-8H2,1-2H3. The Labute approximate surface area is 117 Å². The highest BCUT2D eigenvalue weighted by atomic mass is 35.5. The number of nitrogens with one attached hydrogen (secondary N) is 1. The third kappa shape index (κ3) is 4.18. The lowest BCUT2D eigenvalue weighted by molar-refractivity contribution is 0.163. The monoisotopic (exact) mass is 302 g/mol. The van der Waals surface area contributed by atoms with Gasteiger partial charge in [0.1, 0.15) is 11.0 Å². The van der Waals surface area contributed by atoms with Crippen molar-refractivity contribution in [1.82, 2.24) is 4.72 Å². The minimum Gasteiger partial charge on any atom is -0.396 e. The van der Waals surface area contributed by atoms with E-state index in [1.807, 2.05) is 6.07 Å². The molecule has 1 aromatic carbocycles. The van der Waals surface area contributed by atoms with E-state index in [4.69, 9.17) is 22.0 Å². The molecular formula is C12H15ClN2O3S. The van der Waals surface area contributed by atoms with Crippen LogP contribution in [0.1, 0.15) is 19.4 Å². The van der Waals surface area contributed by atoms with Crippen molar-refractivity contribution in [2.45, 2.75) is 18.7 Å². The summed E-state index contributed by atoms with van der Waals surface area (Å²) < 4.78 is 26.6.